The molecule has 0 saturated heterocycles. The molecule has 0 N–H and O–H groups in total. The molecule has 4 aromatic carbocycles. The third-order valence-electron chi connectivity index (χ3n) is 7.89. The lowest BCUT2D eigenvalue weighted by molar-refractivity contribution is -0.787. The van der Waals surface area contributed by atoms with E-state index in [9.17, 15) is 0 Å². The lowest BCUT2D eigenvalue weighted by atomic mass is 9.19. The van der Waals surface area contributed by atoms with Gasteiger partial charge in [0.25, 0.3) is 6.28 Å². The number of hydrogen-bond donors (Lipinski definition) is 0. The molecule has 4 aromatic rings. The number of aryl methyl sites for hydroxylation is 1. The maximum atomic E-state index is 2.43. The Hall–Kier alpha value is -3.10. The summed E-state index contributed by atoms with van der Waals surface area (Å²) < 4.78 is 0.951. The zero-order valence-electron chi connectivity index (χ0n) is 19.7. The van der Waals surface area contributed by atoms with E-state index >= 15 is 0 Å². The first kappa shape index (κ1) is 20.8. The van der Waals surface area contributed by atoms with Crippen LogP contribution in [0.3, 0.4) is 0 Å². The fourth-order valence-electron chi connectivity index (χ4n) is 6.24. The van der Waals surface area contributed by atoms with Crippen molar-refractivity contribution in [2.45, 2.75) is 20.3 Å². The largest absolute Gasteiger partial charge is 0.509 e. The maximum Gasteiger partial charge on any atom is 0.291 e. The van der Waals surface area contributed by atoms with E-state index in [0.717, 1.165) is 17.4 Å². The van der Waals surface area contributed by atoms with E-state index < -0.39 is 6.28 Å². The average molecular weight is 417 g/mol. The van der Waals surface area contributed by atoms with Crippen molar-refractivity contribution >= 4 is 33.5 Å². The lowest BCUT2D eigenvalue weighted by Crippen LogP contribution is -2.79. The molecule has 1 aliphatic heterocycles. The molecule has 1 aliphatic rings. The Balaban J connectivity index is 1.89. The second-order valence-electron chi connectivity index (χ2n) is 10.1. The summed E-state index contributed by atoms with van der Waals surface area (Å²) in [5.74, 6) is 0. The number of rotatable bonds is 3. The third-order valence-corrected chi connectivity index (χ3v) is 7.89. The molecule has 1 atom stereocenters. The van der Waals surface area contributed by atoms with Crippen LogP contribution >= 0.6 is 0 Å². The normalized spacial score (nSPS) is 20.5. The first-order valence-corrected chi connectivity index (χ1v) is 11.7. The summed E-state index contributed by atoms with van der Waals surface area (Å²) in [6.45, 7) is 5.67. The van der Waals surface area contributed by atoms with Crippen LogP contribution in [0, 0.1) is 6.92 Å². The molecule has 0 fully saturated rings. The number of nitrogens with zero attached hydrogens (tertiary/aromatic N) is 1. The fraction of sp³-hybridized carbons (Fsp3) is 0.200. The molecule has 1 heterocycles. The Bertz CT molecular complexity index is 1300. The van der Waals surface area contributed by atoms with Gasteiger partial charge in [-0.15, -0.1) is 16.4 Å². The third kappa shape index (κ3) is 3.13. The van der Waals surface area contributed by atoms with Gasteiger partial charge < -0.3 is 4.39 Å². The highest BCUT2D eigenvalue weighted by atomic mass is 15.3. The van der Waals surface area contributed by atoms with Crippen molar-refractivity contribution in [3.8, 4) is 0 Å². The summed E-state index contributed by atoms with van der Waals surface area (Å²) in [5.41, 5.74) is 8.54. The van der Waals surface area contributed by atoms with Gasteiger partial charge in [0.15, 0.2) is 0 Å². The van der Waals surface area contributed by atoms with Crippen molar-refractivity contribution in [3.05, 3.63) is 114 Å². The van der Waals surface area contributed by atoms with Crippen molar-refractivity contribution in [2.75, 3.05) is 20.6 Å². The molecule has 0 spiro atoms. The van der Waals surface area contributed by atoms with Crippen molar-refractivity contribution in [2.24, 2.45) is 0 Å². The van der Waals surface area contributed by atoms with E-state index in [1.807, 2.05) is 0 Å². The van der Waals surface area contributed by atoms with E-state index in [1.54, 1.807) is 0 Å². The molecular weight excluding hydrogens is 385 g/mol. The van der Waals surface area contributed by atoms with Gasteiger partial charge in [-0.3, -0.25) is 0 Å². The molecule has 0 aromatic heterocycles. The van der Waals surface area contributed by atoms with Crippen LogP contribution in [-0.4, -0.2) is 31.3 Å². The molecule has 5 rings (SSSR count). The molecular formula is C30H32BN. The highest BCUT2D eigenvalue weighted by Crippen LogP contribution is 2.40. The predicted molar refractivity (Wildman–Crippen MR) is 141 cm³/mol. The van der Waals surface area contributed by atoms with Crippen LogP contribution in [0.15, 0.2) is 103 Å². The van der Waals surface area contributed by atoms with Gasteiger partial charge in [0.2, 0.25) is 0 Å². The quantitative estimate of drug-likeness (QED) is 0.375. The second kappa shape index (κ2) is 7.80. The topological polar surface area (TPSA) is 0 Å². The van der Waals surface area contributed by atoms with Crippen LogP contribution in [0.25, 0.3) is 16.2 Å². The zero-order valence-corrected chi connectivity index (χ0v) is 19.7. The van der Waals surface area contributed by atoms with Crippen molar-refractivity contribution in [1.29, 1.82) is 0 Å². The monoisotopic (exact) mass is 417 g/mol. The van der Waals surface area contributed by atoms with Gasteiger partial charge in [-0.05, 0) is 24.6 Å². The van der Waals surface area contributed by atoms with Crippen LogP contribution in [0.5, 0.6) is 0 Å². The van der Waals surface area contributed by atoms with Gasteiger partial charge >= 0.3 is 0 Å². The lowest BCUT2D eigenvalue weighted by Gasteiger charge is -2.61. The van der Waals surface area contributed by atoms with E-state index in [-0.39, 0.29) is 0 Å². The van der Waals surface area contributed by atoms with Gasteiger partial charge in [-0.2, -0.15) is 0 Å². The Kier molecular flexibility index (Phi) is 5.06. The molecule has 0 radical (unpaired) electrons. The number of fused-ring (bicyclic) bond motifs is 1. The van der Waals surface area contributed by atoms with Gasteiger partial charge in [0.1, 0.15) is 0 Å². The molecule has 0 amide bonds. The second-order valence-corrected chi connectivity index (χ2v) is 10.1. The first-order valence-electron chi connectivity index (χ1n) is 11.7. The van der Waals surface area contributed by atoms with Crippen molar-refractivity contribution < 1.29 is 4.39 Å². The van der Waals surface area contributed by atoms with Gasteiger partial charge in [0.05, 0.1) is 0 Å². The minimum absolute atomic E-state index is 0.951. The SMILES string of the molecule is CC1=C(c2ccc3ccccc3c2)[B-](c2ccccc2)(c2ccc(C)cc2)[N+](C)(C)CC1. The Morgan fingerprint density at radius 1 is 0.656 bits per heavy atom. The molecule has 1 unspecified atom stereocenters. The smallest absolute Gasteiger partial charge is 0.291 e. The highest BCUT2D eigenvalue weighted by Gasteiger charge is 2.50. The summed E-state index contributed by atoms with van der Waals surface area (Å²) in [6.07, 6.45) is -0.106. The van der Waals surface area contributed by atoms with Gasteiger partial charge in [0, 0.05) is 27.1 Å². The summed E-state index contributed by atoms with van der Waals surface area (Å²) in [7, 11) is 4.86. The average Bonchev–Trinajstić information content (AvgIpc) is 2.81. The first-order chi connectivity index (χ1) is 15.4. The molecule has 1 nitrogen and oxygen atoms in total. The zero-order chi connectivity index (χ0) is 22.3. The number of quaternary nitrogens is 1. The Morgan fingerprint density at radius 3 is 2.00 bits per heavy atom. The predicted octanol–water partition coefficient (Wildman–Crippen LogP) is 5.70. The van der Waals surface area contributed by atoms with E-state index in [4.69, 9.17) is 0 Å². The molecule has 32 heavy (non-hydrogen) atoms. The Morgan fingerprint density at radius 2 is 1.28 bits per heavy atom. The van der Waals surface area contributed by atoms with Gasteiger partial charge in [-0.1, -0.05) is 114 Å². The minimum Gasteiger partial charge on any atom is -0.509 e. The molecule has 0 aliphatic carbocycles. The van der Waals surface area contributed by atoms with Crippen molar-refractivity contribution in [1.82, 2.24) is 0 Å². The number of hydrogen-bond acceptors (Lipinski definition) is 0. The molecule has 0 saturated carbocycles. The van der Waals surface area contributed by atoms with E-state index in [0.29, 0.717) is 0 Å². The van der Waals surface area contributed by atoms with Crippen LogP contribution < -0.4 is 10.9 Å². The summed E-state index contributed by atoms with van der Waals surface area (Å²) in [6, 6.07) is 36.3. The fourth-order valence-corrected chi connectivity index (χ4v) is 6.24. The minimum atomic E-state index is -1.23. The van der Waals surface area contributed by atoms with Gasteiger partial charge in [-0.25, -0.2) is 0 Å². The number of benzene rings is 4. The van der Waals surface area contributed by atoms with Crippen LogP contribution in [0.4, 0.5) is 0 Å². The van der Waals surface area contributed by atoms with Crippen LogP contribution in [-0.2, 0) is 0 Å². The molecule has 160 valence electrons. The molecule has 2 heteroatoms. The molecule has 0 bridgehead atoms. The van der Waals surface area contributed by atoms with Crippen LogP contribution in [0.1, 0.15) is 24.5 Å². The summed E-state index contributed by atoms with van der Waals surface area (Å²) in [5, 5.41) is 2.61. The highest BCUT2D eigenvalue weighted by molar-refractivity contribution is 7.10. The van der Waals surface area contributed by atoms with Crippen LogP contribution in [0.2, 0.25) is 0 Å². The van der Waals surface area contributed by atoms with E-state index in [1.165, 1.54) is 43.9 Å². The summed E-state index contributed by atoms with van der Waals surface area (Å²) in [4.78, 5) is 0. The summed E-state index contributed by atoms with van der Waals surface area (Å²) >= 11 is 0. The standard InChI is InChI=1S/C30H32BN/c1-23-14-18-29(19-15-23)31(28-12-6-5-7-13-28)30(24(2)20-21-32(31,3)4)27-17-16-25-10-8-9-11-26(25)22-27/h5-19,22H,20-21H2,1-4H3. The Labute approximate surface area is 192 Å². The maximum absolute atomic E-state index is 2.43. The van der Waals surface area contributed by atoms with E-state index in [2.05, 4.69) is 125 Å². The van der Waals surface area contributed by atoms with Crippen molar-refractivity contribution in [3.63, 3.8) is 0 Å².